The Bertz CT molecular complexity index is 492. The van der Waals surface area contributed by atoms with Gasteiger partial charge in [0.15, 0.2) is 5.11 Å². The first-order chi connectivity index (χ1) is 8.67. The highest BCUT2D eigenvalue weighted by molar-refractivity contribution is 7.80. The molecule has 0 bridgehead atoms. The summed E-state index contributed by atoms with van der Waals surface area (Å²) < 4.78 is 0. The fourth-order valence-electron chi connectivity index (χ4n) is 1.21. The summed E-state index contributed by atoms with van der Waals surface area (Å²) in [6.45, 7) is 7.19. The molecule has 0 heterocycles. The van der Waals surface area contributed by atoms with Gasteiger partial charge in [-0.1, -0.05) is 37.4 Å². The minimum absolute atomic E-state index is 0.219. The summed E-state index contributed by atoms with van der Waals surface area (Å²) in [6.07, 6.45) is 4.89. The van der Waals surface area contributed by atoms with Gasteiger partial charge in [-0.05, 0) is 36.5 Å². The van der Waals surface area contributed by atoms with Crippen LogP contribution in [0.4, 0.5) is 0 Å². The predicted molar refractivity (Wildman–Crippen MR) is 78.1 cm³/mol. The van der Waals surface area contributed by atoms with Gasteiger partial charge in [0.2, 0.25) is 0 Å². The minimum atomic E-state index is -0.255. The lowest BCUT2D eigenvalue weighted by molar-refractivity contribution is 0.0977. The van der Waals surface area contributed by atoms with E-state index in [0.29, 0.717) is 11.3 Å². The monoisotopic (exact) mass is 258 g/mol. The van der Waals surface area contributed by atoms with Crippen LogP contribution < -0.4 is 10.6 Å². The summed E-state index contributed by atoms with van der Waals surface area (Å²) in [5.74, 6) is -0.255. The molecule has 0 radical (unpaired) electrons. The molecule has 1 aromatic carbocycles. The van der Waals surface area contributed by atoms with E-state index in [1.807, 2.05) is 6.07 Å². The van der Waals surface area contributed by atoms with E-state index < -0.39 is 0 Å². The van der Waals surface area contributed by atoms with Gasteiger partial charge >= 0.3 is 0 Å². The molecule has 0 aliphatic heterocycles. The Morgan fingerprint density at radius 2 is 1.83 bits per heavy atom. The number of amides is 1. The van der Waals surface area contributed by atoms with Gasteiger partial charge < -0.3 is 5.32 Å². The van der Waals surface area contributed by atoms with Crippen molar-refractivity contribution in [3.05, 3.63) is 73.0 Å². The third-order valence-electron chi connectivity index (χ3n) is 2.04. The maximum atomic E-state index is 11.8. The van der Waals surface area contributed by atoms with E-state index in [0.717, 1.165) is 0 Å². The number of rotatable bonds is 4. The molecule has 18 heavy (non-hydrogen) atoms. The predicted octanol–water partition coefficient (Wildman–Crippen LogP) is 2.55. The maximum absolute atomic E-state index is 11.8. The van der Waals surface area contributed by atoms with Crippen molar-refractivity contribution in [1.29, 1.82) is 0 Å². The molecular formula is C14H14N2OS. The van der Waals surface area contributed by atoms with Crippen LogP contribution in [0, 0.1) is 0 Å². The van der Waals surface area contributed by atoms with Gasteiger partial charge in [-0.3, -0.25) is 10.1 Å². The van der Waals surface area contributed by atoms with Crippen LogP contribution in [-0.4, -0.2) is 11.0 Å². The van der Waals surface area contributed by atoms with E-state index in [1.165, 1.54) is 0 Å². The van der Waals surface area contributed by atoms with Crippen molar-refractivity contribution in [2.45, 2.75) is 0 Å². The van der Waals surface area contributed by atoms with Gasteiger partial charge in [0.25, 0.3) is 5.91 Å². The lowest BCUT2D eigenvalue weighted by atomic mass is 10.2. The summed E-state index contributed by atoms with van der Waals surface area (Å²) in [4.78, 5) is 11.8. The van der Waals surface area contributed by atoms with E-state index in [-0.39, 0.29) is 11.0 Å². The van der Waals surface area contributed by atoms with Gasteiger partial charge in [0.1, 0.15) is 0 Å². The molecule has 0 aliphatic rings. The molecular weight excluding hydrogens is 244 g/mol. The Kier molecular flexibility index (Phi) is 5.54. The lowest BCUT2D eigenvalue weighted by Gasteiger charge is -2.09. The van der Waals surface area contributed by atoms with Crippen LogP contribution in [0.5, 0.6) is 0 Å². The number of carbonyl (C=O) groups excluding carboxylic acids is 1. The first-order valence-electron chi connectivity index (χ1n) is 5.30. The molecule has 0 atom stereocenters. The standard InChI is InChI=1S/C14H14N2OS/c1-3-8-12(4-2)15-14(18)16-13(17)11-9-6-5-7-10-11/h3-10H,1-2H2,(H2,15,16,17,18)/b12-8+. The highest BCUT2D eigenvalue weighted by Gasteiger charge is 2.06. The average molecular weight is 258 g/mol. The zero-order chi connectivity index (χ0) is 13.4. The van der Waals surface area contributed by atoms with Crippen LogP contribution in [0.15, 0.2) is 67.4 Å². The highest BCUT2D eigenvalue weighted by atomic mass is 32.1. The lowest BCUT2D eigenvalue weighted by Crippen LogP contribution is -2.38. The molecule has 0 saturated heterocycles. The quantitative estimate of drug-likeness (QED) is 0.644. The molecule has 92 valence electrons. The summed E-state index contributed by atoms with van der Waals surface area (Å²) in [7, 11) is 0. The van der Waals surface area contributed by atoms with Crippen molar-refractivity contribution in [2.75, 3.05) is 0 Å². The topological polar surface area (TPSA) is 41.1 Å². The van der Waals surface area contributed by atoms with E-state index in [4.69, 9.17) is 12.2 Å². The van der Waals surface area contributed by atoms with E-state index in [9.17, 15) is 4.79 Å². The molecule has 3 nitrogen and oxygen atoms in total. The Balaban J connectivity index is 2.61. The third-order valence-corrected chi connectivity index (χ3v) is 2.24. The molecule has 0 fully saturated rings. The number of benzene rings is 1. The molecule has 0 unspecified atom stereocenters. The van der Waals surface area contributed by atoms with Crippen LogP contribution in [0.25, 0.3) is 0 Å². The van der Waals surface area contributed by atoms with Crippen molar-refractivity contribution in [1.82, 2.24) is 10.6 Å². The summed E-state index contributed by atoms with van der Waals surface area (Å²) in [5, 5.41) is 5.64. The van der Waals surface area contributed by atoms with Crippen LogP contribution in [-0.2, 0) is 0 Å². The maximum Gasteiger partial charge on any atom is 0.257 e. The Labute approximate surface area is 112 Å². The van der Waals surface area contributed by atoms with Crippen LogP contribution in [0.3, 0.4) is 0 Å². The molecule has 2 N–H and O–H groups in total. The van der Waals surface area contributed by atoms with Gasteiger partial charge in [0, 0.05) is 11.3 Å². The number of hydrogen-bond acceptors (Lipinski definition) is 2. The SMILES string of the molecule is C=C/C=C(\C=C)NC(=S)NC(=O)c1ccccc1. The molecule has 1 rings (SSSR count). The van der Waals surface area contributed by atoms with Crippen molar-refractivity contribution in [3.8, 4) is 0 Å². The summed E-state index contributed by atoms with van der Waals surface area (Å²) >= 11 is 5.02. The van der Waals surface area contributed by atoms with Gasteiger partial charge in [-0.25, -0.2) is 0 Å². The van der Waals surface area contributed by atoms with E-state index in [1.54, 1.807) is 42.5 Å². The average Bonchev–Trinajstić information content (AvgIpc) is 2.39. The minimum Gasteiger partial charge on any atom is -0.332 e. The Hall–Kier alpha value is -2.20. The summed E-state index contributed by atoms with van der Waals surface area (Å²) in [5.41, 5.74) is 1.22. The second-order valence-corrected chi connectivity index (χ2v) is 3.74. The van der Waals surface area contributed by atoms with Crippen molar-refractivity contribution in [3.63, 3.8) is 0 Å². The van der Waals surface area contributed by atoms with E-state index in [2.05, 4.69) is 23.8 Å². The van der Waals surface area contributed by atoms with Crippen LogP contribution in [0.2, 0.25) is 0 Å². The molecule has 0 aromatic heterocycles. The second-order valence-electron chi connectivity index (χ2n) is 3.34. The first kappa shape index (κ1) is 13.9. The molecule has 1 aromatic rings. The van der Waals surface area contributed by atoms with Gasteiger partial charge in [-0.2, -0.15) is 0 Å². The Morgan fingerprint density at radius 1 is 1.17 bits per heavy atom. The largest absolute Gasteiger partial charge is 0.332 e. The smallest absolute Gasteiger partial charge is 0.257 e. The Morgan fingerprint density at radius 3 is 2.39 bits per heavy atom. The number of hydrogen-bond donors (Lipinski definition) is 2. The van der Waals surface area contributed by atoms with Gasteiger partial charge in [-0.15, -0.1) is 0 Å². The summed E-state index contributed by atoms with van der Waals surface area (Å²) in [6, 6.07) is 8.85. The molecule has 0 spiro atoms. The molecule has 0 aliphatic carbocycles. The third kappa shape index (κ3) is 4.35. The zero-order valence-electron chi connectivity index (χ0n) is 9.85. The zero-order valence-corrected chi connectivity index (χ0v) is 10.7. The number of carbonyl (C=O) groups is 1. The van der Waals surface area contributed by atoms with E-state index >= 15 is 0 Å². The second kappa shape index (κ2) is 7.19. The first-order valence-corrected chi connectivity index (χ1v) is 5.70. The fourth-order valence-corrected chi connectivity index (χ4v) is 1.43. The molecule has 4 heteroatoms. The molecule has 0 saturated carbocycles. The highest BCUT2D eigenvalue weighted by Crippen LogP contribution is 1.98. The fraction of sp³-hybridized carbons (Fsp3) is 0. The number of thiocarbonyl (C=S) groups is 1. The van der Waals surface area contributed by atoms with Crippen LogP contribution in [0.1, 0.15) is 10.4 Å². The molecule has 1 amide bonds. The number of nitrogens with one attached hydrogen (secondary N) is 2. The van der Waals surface area contributed by atoms with Crippen molar-refractivity contribution >= 4 is 23.2 Å². The normalized spacial score (nSPS) is 10.3. The number of allylic oxidation sites excluding steroid dienone is 3. The van der Waals surface area contributed by atoms with Crippen LogP contribution >= 0.6 is 12.2 Å². The van der Waals surface area contributed by atoms with Crippen molar-refractivity contribution < 1.29 is 4.79 Å². The van der Waals surface area contributed by atoms with Gasteiger partial charge in [0.05, 0.1) is 0 Å². The van der Waals surface area contributed by atoms with Crippen molar-refractivity contribution in [2.24, 2.45) is 0 Å².